The lowest BCUT2D eigenvalue weighted by Crippen LogP contribution is -2.20. The monoisotopic (exact) mass is 320 g/mol. The number of methoxy groups -OCH3 is 1. The summed E-state index contributed by atoms with van der Waals surface area (Å²) in [6.07, 6.45) is 1.95. The average molecular weight is 320 g/mol. The van der Waals surface area contributed by atoms with Gasteiger partial charge in [-0.15, -0.1) is 5.10 Å². The van der Waals surface area contributed by atoms with E-state index in [1.54, 1.807) is 4.68 Å². The van der Waals surface area contributed by atoms with Gasteiger partial charge in [0.2, 0.25) is 0 Å². The minimum Gasteiger partial charge on any atom is -0.467 e. The zero-order valence-electron chi connectivity index (χ0n) is 13.4. The van der Waals surface area contributed by atoms with Crippen molar-refractivity contribution >= 4 is 27.8 Å². The van der Waals surface area contributed by atoms with Gasteiger partial charge in [-0.3, -0.25) is 0 Å². The highest BCUT2D eigenvalue weighted by Gasteiger charge is 2.22. The number of ether oxygens (including phenoxy) is 1. The summed E-state index contributed by atoms with van der Waals surface area (Å²) in [5, 5.41) is 10.6. The Balaban J connectivity index is 2.04. The quantitative estimate of drug-likeness (QED) is 0.544. The Morgan fingerprint density at radius 2 is 1.88 bits per heavy atom. The maximum atomic E-state index is 12.1. The van der Waals surface area contributed by atoms with Crippen molar-refractivity contribution in [2.24, 2.45) is 0 Å². The zero-order valence-corrected chi connectivity index (χ0v) is 13.4. The lowest BCUT2D eigenvalue weighted by atomic mass is 10.2. The summed E-state index contributed by atoms with van der Waals surface area (Å²) in [4.78, 5) is 12.1. The molecule has 1 unspecified atom stereocenters. The van der Waals surface area contributed by atoms with Crippen molar-refractivity contribution in [3.63, 3.8) is 0 Å². The van der Waals surface area contributed by atoms with Crippen LogP contribution in [0.1, 0.15) is 13.0 Å². The van der Waals surface area contributed by atoms with Crippen molar-refractivity contribution < 1.29 is 9.53 Å². The molecule has 24 heavy (non-hydrogen) atoms. The van der Waals surface area contributed by atoms with Crippen molar-refractivity contribution in [1.29, 1.82) is 0 Å². The van der Waals surface area contributed by atoms with E-state index in [0.717, 1.165) is 27.6 Å². The van der Waals surface area contributed by atoms with Crippen LogP contribution in [0.25, 0.3) is 27.6 Å². The Morgan fingerprint density at radius 3 is 2.71 bits per heavy atom. The molecule has 0 bridgehead atoms. The second-order valence-electron chi connectivity index (χ2n) is 5.64. The summed E-state index contributed by atoms with van der Waals surface area (Å²) in [5.74, 6) is 0.498. The van der Waals surface area contributed by atoms with Crippen LogP contribution in [0.2, 0.25) is 0 Å². The fourth-order valence-electron chi connectivity index (χ4n) is 2.99. The number of esters is 1. The number of nitrogens with zero attached hydrogens (tertiary/aromatic N) is 4. The van der Waals surface area contributed by atoms with Crippen LogP contribution < -0.4 is 0 Å². The van der Waals surface area contributed by atoms with E-state index in [4.69, 9.17) is 4.74 Å². The number of hydrogen-bond donors (Lipinski definition) is 0. The van der Waals surface area contributed by atoms with Crippen LogP contribution in [0.4, 0.5) is 0 Å². The highest BCUT2D eigenvalue weighted by molar-refractivity contribution is 5.92. The normalized spacial score (nSPS) is 12.6. The Hall–Kier alpha value is -3.15. The molecule has 4 aromatic rings. The van der Waals surface area contributed by atoms with Crippen molar-refractivity contribution in [3.05, 3.63) is 54.7 Å². The number of carbonyl (C=O) groups is 1. The third-order valence-corrected chi connectivity index (χ3v) is 4.24. The lowest BCUT2D eigenvalue weighted by molar-refractivity contribution is -0.144. The number of rotatable bonds is 3. The number of carbonyl (C=O) groups excluding carboxylic acids is 1. The first-order chi connectivity index (χ1) is 11.7. The van der Waals surface area contributed by atoms with Gasteiger partial charge in [0.1, 0.15) is 17.4 Å². The molecular formula is C18H16N4O2. The number of para-hydroxylation sites is 1. The Kier molecular flexibility index (Phi) is 3.30. The average Bonchev–Trinajstić information content (AvgIpc) is 3.21. The summed E-state index contributed by atoms with van der Waals surface area (Å²) in [5.41, 5.74) is 1.69. The molecule has 2 heterocycles. The van der Waals surface area contributed by atoms with Crippen LogP contribution in [-0.2, 0) is 9.53 Å². The first-order valence-corrected chi connectivity index (χ1v) is 7.69. The minimum absolute atomic E-state index is 0.305. The topological polar surface area (TPSA) is 61.9 Å². The molecule has 0 spiro atoms. The van der Waals surface area contributed by atoms with E-state index in [2.05, 4.69) is 10.3 Å². The van der Waals surface area contributed by atoms with Crippen LogP contribution in [0.3, 0.4) is 0 Å². The molecule has 2 aromatic heterocycles. The highest BCUT2D eigenvalue weighted by Crippen LogP contribution is 2.29. The number of benzene rings is 2. The molecule has 4 rings (SSSR count). The fraction of sp³-hybridized carbons (Fsp3) is 0.167. The second-order valence-corrected chi connectivity index (χ2v) is 5.64. The summed E-state index contributed by atoms with van der Waals surface area (Å²) in [7, 11) is 1.40. The Morgan fingerprint density at radius 1 is 1.12 bits per heavy atom. The van der Waals surface area contributed by atoms with Crippen LogP contribution in [0, 0.1) is 0 Å². The molecule has 0 aliphatic rings. The molecule has 0 aliphatic heterocycles. The third kappa shape index (κ3) is 2.07. The predicted molar refractivity (Wildman–Crippen MR) is 91.1 cm³/mol. The molecule has 0 fully saturated rings. The van der Waals surface area contributed by atoms with E-state index in [-0.39, 0.29) is 5.97 Å². The second kappa shape index (κ2) is 5.49. The summed E-state index contributed by atoms with van der Waals surface area (Å²) >= 11 is 0. The van der Waals surface area contributed by atoms with Crippen LogP contribution in [-0.4, -0.2) is 32.6 Å². The van der Waals surface area contributed by atoms with Gasteiger partial charge in [0.25, 0.3) is 0 Å². The largest absolute Gasteiger partial charge is 0.467 e. The highest BCUT2D eigenvalue weighted by atomic mass is 16.5. The molecule has 1 atom stereocenters. The molecule has 0 N–H and O–H groups in total. The summed E-state index contributed by atoms with van der Waals surface area (Å²) < 4.78 is 8.58. The van der Waals surface area contributed by atoms with Gasteiger partial charge in [0.15, 0.2) is 0 Å². The minimum atomic E-state index is -0.472. The van der Waals surface area contributed by atoms with Crippen molar-refractivity contribution in [1.82, 2.24) is 19.6 Å². The van der Waals surface area contributed by atoms with Gasteiger partial charge >= 0.3 is 5.97 Å². The van der Waals surface area contributed by atoms with Crippen LogP contribution in [0.5, 0.6) is 0 Å². The van der Waals surface area contributed by atoms with E-state index in [1.807, 2.05) is 66.2 Å². The third-order valence-electron chi connectivity index (χ3n) is 4.24. The van der Waals surface area contributed by atoms with Gasteiger partial charge < -0.3 is 9.30 Å². The maximum absolute atomic E-state index is 12.1. The van der Waals surface area contributed by atoms with E-state index in [9.17, 15) is 4.79 Å². The fourth-order valence-corrected chi connectivity index (χ4v) is 2.99. The molecule has 6 heteroatoms. The van der Waals surface area contributed by atoms with Crippen molar-refractivity contribution in [2.75, 3.05) is 7.11 Å². The maximum Gasteiger partial charge on any atom is 0.328 e. The first-order valence-electron chi connectivity index (χ1n) is 7.69. The van der Waals surface area contributed by atoms with Crippen molar-refractivity contribution in [3.8, 4) is 5.82 Å². The van der Waals surface area contributed by atoms with Gasteiger partial charge in [-0.25, -0.2) is 4.79 Å². The molecule has 0 radical (unpaired) electrons. The number of aromatic nitrogens is 4. The molecule has 120 valence electrons. The van der Waals surface area contributed by atoms with E-state index < -0.39 is 6.04 Å². The molecule has 0 aliphatic carbocycles. The Labute approximate surface area is 138 Å². The lowest BCUT2D eigenvalue weighted by Gasteiger charge is -2.15. The van der Waals surface area contributed by atoms with Gasteiger partial charge in [-0.05, 0) is 19.1 Å². The molecule has 6 nitrogen and oxygen atoms in total. The van der Waals surface area contributed by atoms with Gasteiger partial charge in [-0.1, -0.05) is 41.6 Å². The van der Waals surface area contributed by atoms with Crippen LogP contribution in [0.15, 0.2) is 54.7 Å². The summed E-state index contributed by atoms with van der Waals surface area (Å²) in [6, 6.07) is 15.2. The number of hydrogen-bond acceptors (Lipinski definition) is 4. The molecule has 2 aromatic carbocycles. The Bertz CT molecular complexity index is 1050. The SMILES string of the molecule is COC(=O)C(C)n1cc2ccccc2c1-n1nnc2ccccc21. The van der Waals surface area contributed by atoms with Crippen LogP contribution >= 0.6 is 0 Å². The van der Waals surface area contributed by atoms with E-state index in [0.29, 0.717) is 0 Å². The summed E-state index contributed by atoms with van der Waals surface area (Å²) in [6.45, 7) is 1.81. The molecule has 0 saturated carbocycles. The standard InChI is InChI=1S/C18H16N4O2/c1-12(18(23)24-2)21-11-13-7-3-4-8-14(13)17(21)22-16-10-6-5-9-15(16)19-20-22/h3-12H,1-2H3. The van der Waals surface area contributed by atoms with E-state index in [1.165, 1.54) is 7.11 Å². The molecular weight excluding hydrogens is 304 g/mol. The number of fused-ring (bicyclic) bond motifs is 2. The molecule has 0 saturated heterocycles. The van der Waals surface area contributed by atoms with Crippen molar-refractivity contribution in [2.45, 2.75) is 13.0 Å². The first kappa shape index (κ1) is 14.4. The van der Waals surface area contributed by atoms with Gasteiger partial charge in [0.05, 0.1) is 12.6 Å². The zero-order chi connectivity index (χ0) is 16.7. The van der Waals surface area contributed by atoms with E-state index >= 15 is 0 Å². The van der Waals surface area contributed by atoms with Gasteiger partial charge in [-0.2, -0.15) is 4.68 Å². The van der Waals surface area contributed by atoms with Gasteiger partial charge in [0, 0.05) is 17.0 Å². The smallest absolute Gasteiger partial charge is 0.328 e. The predicted octanol–water partition coefficient (Wildman–Crippen LogP) is 3.11. The molecule has 0 amide bonds.